The summed E-state index contributed by atoms with van der Waals surface area (Å²) in [7, 11) is 0. The van der Waals surface area contributed by atoms with Crippen molar-refractivity contribution in [2.24, 2.45) is 17.1 Å². The standard InChI is InChI=1S/C22H30F3N3O2/c1-22(2,3)9-20(29)18-6-13-10-27-11-19(13)28(18)21(30)7-14(26)4-12-5-16(24)17(25)8-15(12)23/h5,8,13-14,18-19,27H,4,6-7,9-11,26H2,1-3H3/t13-,14?,18?,19+/m0/s1. The lowest BCUT2D eigenvalue weighted by atomic mass is 9.86. The van der Waals surface area contributed by atoms with Crippen molar-refractivity contribution in [3.63, 3.8) is 0 Å². The summed E-state index contributed by atoms with van der Waals surface area (Å²) < 4.78 is 40.5. The Morgan fingerprint density at radius 3 is 2.50 bits per heavy atom. The number of hydrogen-bond donors (Lipinski definition) is 2. The van der Waals surface area contributed by atoms with E-state index in [4.69, 9.17) is 5.73 Å². The van der Waals surface area contributed by atoms with Crippen molar-refractivity contribution in [2.75, 3.05) is 13.1 Å². The molecule has 2 aliphatic rings. The van der Waals surface area contributed by atoms with Gasteiger partial charge in [-0.15, -0.1) is 0 Å². The van der Waals surface area contributed by atoms with Gasteiger partial charge in [0.2, 0.25) is 5.91 Å². The van der Waals surface area contributed by atoms with Gasteiger partial charge in [0.25, 0.3) is 0 Å². The Kier molecular flexibility index (Phi) is 6.57. The first-order chi connectivity index (χ1) is 14.0. The van der Waals surface area contributed by atoms with Crippen LogP contribution >= 0.6 is 0 Å². The van der Waals surface area contributed by atoms with Crippen LogP contribution in [-0.4, -0.2) is 47.8 Å². The van der Waals surface area contributed by atoms with Crippen molar-refractivity contribution < 1.29 is 22.8 Å². The molecule has 1 aromatic rings. The molecule has 4 atom stereocenters. The van der Waals surface area contributed by atoms with Gasteiger partial charge in [-0.2, -0.15) is 0 Å². The second kappa shape index (κ2) is 8.67. The fourth-order valence-corrected chi connectivity index (χ4v) is 4.61. The molecule has 0 bridgehead atoms. The highest BCUT2D eigenvalue weighted by Gasteiger charge is 2.48. The number of amides is 1. The van der Waals surface area contributed by atoms with E-state index in [1.54, 1.807) is 4.90 Å². The van der Waals surface area contributed by atoms with Crippen LogP contribution in [0.2, 0.25) is 0 Å². The summed E-state index contributed by atoms with van der Waals surface area (Å²) in [5.41, 5.74) is 5.81. The number of nitrogens with zero attached hydrogens (tertiary/aromatic N) is 1. The third kappa shape index (κ3) is 5.03. The summed E-state index contributed by atoms with van der Waals surface area (Å²) in [4.78, 5) is 27.7. The van der Waals surface area contributed by atoms with Gasteiger partial charge in [-0.1, -0.05) is 20.8 Å². The number of fused-ring (bicyclic) bond motifs is 1. The van der Waals surface area contributed by atoms with E-state index in [0.29, 0.717) is 25.5 Å². The molecular weight excluding hydrogens is 395 g/mol. The van der Waals surface area contributed by atoms with Gasteiger partial charge in [0, 0.05) is 44.1 Å². The van der Waals surface area contributed by atoms with Gasteiger partial charge in [-0.05, 0) is 35.8 Å². The number of carbonyl (C=O) groups is 2. The summed E-state index contributed by atoms with van der Waals surface area (Å²) in [5.74, 6) is -3.30. The number of nitrogens with two attached hydrogens (primary N) is 1. The number of likely N-dealkylation sites (tertiary alicyclic amines) is 1. The molecule has 3 N–H and O–H groups in total. The summed E-state index contributed by atoms with van der Waals surface area (Å²) in [6, 6.07) is -0.0455. The molecule has 3 rings (SSSR count). The number of carbonyl (C=O) groups excluding carboxylic acids is 2. The van der Waals surface area contributed by atoms with Gasteiger partial charge in [-0.25, -0.2) is 13.2 Å². The molecular formula is C22H30F3N3O2. The third-order valence-corrected chi connectivity index (χ3v) is 5.90. The van der Waals surface area contributed by atoms with E-state index in [0.717, 1.165) is 12.6 Å². The molecule has 0 aromatic heterocycles. The highest BCUT2D eigenvalue weighted by Crippen LogP contribution is 2.35. The van der Waals surface area contributed by atoms with E-state index in [9.17, 15) is 22.8 Å². The Balaban J connectivity index is 1.71. The second-order valence-electron chi connectivity index (χ2n) is 9.77. The molecule has 30 heavy (non-hydrogen) atoms. The number of hydrogen-bond acceptors (Lipinski definition) is 4. The minimum atomic E-state index is -1.27. The minimum Gasteiger partial charge on any atom is -0.328 e. The number of Topliss-reactive ketones (excluding diaryl/α,β-unsaturated/α-hetero) is 1. The van der Waals surface area contributed by atoms with Crippen molar-refractivity contribution in [3.8, 4) is 0 Å². The highest BCUT2D eigenvalue weighted by molar-refractivity contribution is 5.90. The molecule has 0 spiro atoms. The van der Waals surface area contributed by atoms with Crippen LogP contribution < -0.4 is 11.1 Å². The molecule has 0 aliphatic carbocycles. The minimum absolute atomic E-state index is 0.0467. The molecule has 166 valence electrons. The van der Waals surface area contributed by atoms with E-state index in [2.05, 4.69) is 5.32 Å². The largest absolute Gasteiger partial charge is 0.328 e. The normalized spacial score (nSPS) is 24.8. The van der Waals surface area contributed by atoms with Crippen LogP contribution in [0.1, 0.15) is 45.6 Å². The van der Waals surface area contributed by atoms with E-state index in [1.165, 1.54) is 0 Å². The van der Waals surface area contributed by atoms with Crippen LogP contribution in [-0.2, 0) is 16.0 Å². The quantitative estimate of drug-likeness (QED) is 0.687. The molecule has 2 saturated heterocycles. The Hall–Kier alpha value is -1.93. The Labute approximate surface area is 175 Å². The SMILES string of the molecule is CC(C)(C)CC(=O)C1C[C@H]2CNC[C@H]2N1C(=O)CC(N)Cc1cc(F)c(F)cc1F. The maximum absolute atomic E-state index is 13.9. The Morgan fingerprint density at radius 2 is 1.83 bits per heavy atom. The first kappa shape index (κ1) is 22.7. The van der Waals surface area contributed by atoms with Gasteiger partial charge >= 0.3 is 0 Å². The summed E-state index contributed by atoms with van der Waals surface area (Å²) in [5, 5.41) is 3.27. The smallest absolute Gasteiger partial charge is 0.225 e. The van der Waals surface area contributed by atoms with Crippen LogP contribution in [0.25, 0.3) is 0 Å². The van der Waals surface area contributed by atoms with Gasteiger partial charge < -0.3 is 16.0 Å². The van der Waals surface area contributed by atoms with Gasteiger partial charge in [0.15, 0.2) is 17.4 Å². The molecule has 2 heterocycles. The molecule has 2 unspecified atom stereocenters. The maximum Gasteiger partial charge on any atom is 0.225 e. The number of nitrogens with one attached hydrogen (secondary N) is 1. The van der Waals surface area contributed by atoms with Crippen molar-refractivity contribution in [1.29, 1.82) is 0 Å². The van der Waals surface area contributed by atoms with Crippen molar-refractivity contribution >= 4 is 11.7 Å². The van der Waals surface area contributed by atoms with Gasteiger partial charge in [0.1, 0.15) is 5.82 Å². The highest BCUT2D eigenvalue weighted by atomic mass is 19.2. The van der Waals surface area contributed by atoms with Crippen LogP contribution in [0.4, 0.5) is 13.2 Å². The van der Waals surface area contributed by atoms with E-state index >= 15 is 0 Å². The van der Waals surface area contributed by atoms with Crippen molar-refractivity contribution in [3.05, 3.63) is 35.1 Å². The predicted molar refractivity (Wildman–Crippen MR) is 107 cm³/mol. The van der Waals surface area contributed by atoms with E-state index in [1.807, 2.05) is 20.8 Å². The lowest BCUT2D eigenvalue weighted by Gasteiger charge is -2.31. The molecule has 2 aliphatic heterocycles. The van der Waals surface area contributed by atoms with Gasteiger partial charge in [-0.3, -0.25) is 9.59 Å². The average Bonchev–Trinajstić information content (AvgIpc) is 3.18. The zero-order valence-electron chi connectivity index (χ0n) is 17.7. The van der Waals surface area contributed by atoms with Crippen LogP contribution in [0.3, 0.4) is 0 Å². The number of rotatable bonds is 6. The monoisotopic (exact) mass is 425 g/mol. The lowest BCUT2D eigenvalue weighted by Crippen LogP contribution is -2.49. The Morgan fingerprint density at radius 1 is 1.17 bits per heavy atom. The zero-order valence-corrected chi connectivity index (χ0v) is 17.7. The van der Waals surface area contributed by atoms with Crippen molar-refractivity contribution in [2.45, 2.75) is 64.6 Å². The topological polar surface area (TPSA) is 75.4 Å². The van der Waals surface area contributed by atoms with E-state index < -0.39 is 29.5 Å². The number of ketones is 1. The molecule has 5 nitrogen and oxygen atoms in total. The molecule has 2 fully saturated rings. The second-order valence-corrected chi connectivity index (χ2v) is 9.77. The number of benzene rings is 1. The fourth-order valence-electron chi connectivity index (χ4n) is 4.61. The summed E-state index contributed by atoms with van der Waals surface area (Å²) in [6.07, 6.45) is 0.808. The maximum atomic E-state index is 13.9. The molecule has 8 heteroatoms. The predicted octanol–water partition coefficient (Wildman–Crippen LogP) is 2.56. The van der Waals surface area contributed by atoms with Crippen molar-refractivity contribution in [1.82, 2.24) is 10.2 Å². The van der Waals surface area contributed by atoms with Crippen LogP contribution in [0.15, 0.2) is 12.1 Å². The molecule has 0 radical (unpaired) electrons. The third-order valence-electron chi connectivity index (χ3n) is 5.90. The van der Waals surface area contributed by atoms with E-state index in [-0.39, 0.29) is 47.5 Å². The first-order valence-corrected chi connectivity index (χ1v) is 10.4. The summed E-state index contributed by atoms with van der Waals surface area (Å²) >= 11 is 0. The van der Waals surface area contributed by atoms with Crippen LogP contribution in [0, 0.1) is 28.8 Å². The Bertz CT molecular complexity index is 825. The van der Waals surface area contributed by atoms with Gasteiger partial charge in [0.05, 0.1) is 6.04 Å². The first-order valence-electron chi connectivity index (χ1n) is 10.4. The molecule has 1 amide bonds. The zero-order chi connectivity index (χ0) is 22.2. The number of halogens is 3. The fraction of sp³-hybridized carbons (Fsp3) is 0.636. The van der Waals surface area contributed by atoms with Crippen LogP contribution in [0.5, 0.6) is 0 Å². The lowest BCUT2D eigenvalue weighted by molar-refractivity contribution is -0.140. The molecule has 1 aromatic carbocycles. The molecule has 0 saturated carbocycles. The average molecular weight is 425 g/mol. The summed E-state index contributed by atoms with van der Waals surface area (Å²) in [6.45, 7) is 7.35.